The number of hydrogen-bond donors (Lipinski definition) is 1. The van der Waals surface area contributed by atoms with Crippen LogP contribution in [0, 0.1) is 0 Å². The van der Waals surface area contributed by atoms with Crippen LogP contribution < -0.4 is 10.2 Å². The number of amides is 4. The molecule has 2 unspecified atom stereocenters. The SMILES string of the molecule is CC(=O)CN1C(=O)C2C(N=CN2[C@@H](C)C(=O)Nc2csc(-c3cnc(N4CCC[C@H]4C(F)(F)F)nc3)n2)N(C)C1=O. The first kappa shape index (κ1) is 28.4. The van der Waals surface area contributed by atoms with E-state index in [0.29, 0.717) is 17.0 Å². The topological polar surface area (TPSA) is 144 Å². The van der Waals surface area contributed by atoms with Crippen LogP contribution in [-0.4, -0.2) is 110 Å². The number of carbonyl (C=O) groups is 4. The van der Waals surface area contributed by atoms with Crippen molar-refractivity contribution in [2.75, 3.05) is 30.4 Å². The number of carbonyl (C=O) groups excluding carboxylic acids is 4. The van der Waals surface area contributed by atoms with Gasteiger partial charge >= 0.3 is 12.2 Å². The lowest BCUT2D eigenvalue weighted by molar-refractivity contribution is -0.146. The lowest BCUT2D eigenvalue weighted by atomic mass is 10.1. The predicted octanol–water partition coefficient (Wildman–Crippen LogP) is 1.98. The summed E-state index contributed by atoms with van der Waals surface area (Å²) in [6.45, 7) is 2.67. The van der Waals surface area contributed by atoms with Crippen molar-refractivity contribution >= 4 is 53.1 Å². The summed E-state index contributed by atoms with van der Waals surface area (Å²) in [5.41, 5.74) is 0.468. The Bertz CT molecular complexity index is 1400. The maximum absolute atomic E-state index is 13.3. The molecule has 5 rings (SSSR count). The van der Waals surface area contributed by atoms with Gasteiger partial charge in [0.05, 0.1) is 12.9 Å². The summed E-state index contributed by atoms with van der Waals surface area (Å²) >= 11 is 1.18. The van der Waals surface area contributed by atoms with Crippen LogP contribution in [-0.2, 0) is 14.4 Å². The predicted molar refractivity (Wildman–Crippen MR) is 141 cm³/mol. The second-order valence-corrected chi connectivity index (χ2v) is 10.8. The molecule has 1 N–H and O–H groups in total. The molecule has 2 fully saturated rings. The Balaban J connectivity index is 1.25. The largest absolute Gasteiger partial charge is 0.408 e. The van der Waals surface area contributed by atoms with E-state index >= 15 is 0 Å². The van der Waals surface area contributed by atoms with Gasteiger partial charge < -0.3 is 20.0 Å². The van der Waals surface area contributed by atoms with Gasteiger partial charge in [0.2, 0.25) is 11.9 Å². The molecule has 41 heavy (non-hydrogen) atoms. The van der Waals surface area contributed by atoms with Gasteiger partial charge in [-0.25, -0.2) is 24.7 Å². The minimum Gasteiger partial charge on any atom is -0.335 e. The lowest BCUT2D eigenvalue weighted by Crippen LogP contribution is -2.66. The zero-order valence-electron chi connectivity index (χ0n) is 22.2. The van der Waals surface area contributed by atoms with Gasteiger partial charge in [0.1, 0.15) is 28.7 Å². The maximum Gasteiger partial charge on any atom is 0.408 e. The summed E-state index contributed by atoms with van der Waals surface area (Å²) in [4.78, 5) is 72.0. The van der Waals surface area contributed by atoms with Crippen LogP contribution in [0.4, 0.5) is 29.7 Å². The van der Waals surface area contributed by atoms with E-state index in [2.05, 4.69) is 25.3 Å². The second-order valence-electron chi connectivity index (χ2n) is 9.96. The van der Waals surface area contributed by atoms with Gasteiger partial charge in [-0.15, -0.1) is 11.3 Å². The second kappa shape index (κ2) is 10.7. The standard InChI is InChI=1S/C24H26F3N9O4S/c1-12(37)9-35-21(39)17-18(33(3)23(35)40)30-11-36(17)13(2)19(38)31-16-10-41-20(32-16)14-7-28-22(29-8-14)34-6-4-5-15(34)24(25,26)27/h7-8,10-11,13,15,17-18H,4-6,9H2,1-3H3,(H,31,38)/t13-,15-,17?,18?/m0/s1. The van der Waals surface area contributed by atoms with Crippen molar-refractivity contribution in [3.05, 3.63) is 17.8 Å². The summed E-state index contributed by atoms with van der Waals surface area (Å²) in [6.07, 6.45) is -0.698. The van der Waals surface area contributed by atoms with Crippen molar-refractivity contribution in [1.29, 1.82) is 0 Å². The van der Waals surface area contributed by atoms with Crippen LogP contribution in [0.2, 0.25) is 0 Å². The van der Waals surface area contributed by atoms with E-state index in [0.717, 1.165) is 9.80 Å². The fraction of sp³-hybridized carbons (Fsp3) is 0.500. The number of nitrogens with zero attached hydrogens (tertiary/aromatic N) is 8. The number of likely N-dealkylation sites (N-methyl/N-ethyl adjacent to an activating group) is 1. The number of aliphatic imine (C=N–C) groups is 1. The Labute approximate surface area is 236 Å². The number of anilines is 2. The van der Waals surface area contributed by atoms with Crippen LogP contribution in [0.5, 0.6) is 0 Å². The lowest BCUT2D eigenvalue weighted by Gasteiger charge is -2.41. The summed E-state index contributed by atoms with van der Waals surface area (Å²) in [5, 5.41) is 4.71. The molecule has 5 heterocycles. The van der Waals surface area contributed by atoms with Crippen molar-refractivity contribution in [2.24, 2.45) is 4.99 Å². The Morgan fingerprint density at radius 1 is 1.22 bits per heavy atom. The van der Waals surface area contributed by atoms with Crippen LogP contribution in [0.1, 0.15) is 26.7 Å². The van der Waals surface area contributed by atoms with Gasteiger partial charge in [-0.1, -0.05) is 0 Å². The summed E-state index contributed by atoms with van der Waals surface area (Å²) in [5.74, 6) is -1.28. The highest BCUT2D eigenvalue weighted by atomic mass is 32.1. The molecule has 218 valence electrons. The molecular weight excluding hydrogens is 567 g/mol. The van der Waals surface area contributed by atoms with Gasteiger partial charge in [-0.2, -0.15) is 13.2 Å². The zero-order valence-corrected chi connectivity index (χ0v) is 23.0. The molecule has 2 aromatic heterocycles. The van der Waals surface area contributed by atoms with Crippen LogP contribution >= 0.6 is 11.3 Å². The minimum atomic E-state index is -4.37. The molecule has 4 atom stereocenters. The van der Waals surface area contributed by atoms with Gasteiger partial charge in [-0.05, 0) is 26.7 Å². The van der Waals surface area contributed by atoms with Crippen LogP contribution in [0.15, 0.2) is 22.8 Å². The third kappa shape index (κ3) is 5.32. The number of alkyl halides is 3. The van der Waals surface area contributed by atoms with Crippen LogP contribution in [0.25, 0.3) is 10.6 Å². The number of hydrogen-bond acceptors (Lipinski definition) is 11. The number of imide groups is 1. The van der Waals surface area contributed by atoms with E-state index in [1.54, 1.807) is 12.3 Å². The third-order valence-corrected chi connectivity index (χ3v) is 8.03. The van der Waals surface area contributed by atoms with E-state index in [-0.39, 0.29) is 37.1 Å². The molecule has 13 nitrogen and oxygen atoms in total. The molecule has 0 spiro atoms. The molecule has 2 aromatic rings. The van der Waals surface area contributed by atoms with Gasteiger partial charge in [0.25, 0.3) is 5.91 Å². The molecular formula is C24H26F3N9O4S. The van der Waals surface area contributed by atoms with Crippen molar-refractivity contribution in [2.45, 2.75) is 57.2 Å². The van der Waals surface area contributed by atoms with Crippen molar-refractivity contribution in [3.8, 4) is 10.6 Å². The van der Waals surface area contributed by atoms with E-state index < -0.39 is 48.3 Å². The highest BCUT2D eigenvalue weighted by Gasteiger charge is 2.51. The minimum absolute atomic E-state index is 0.00703. The number of aromatic nitrogens is 3. The number of ketones is 1. The normalized spacial score (nSPS) is 23.3. The molecule has 17 heteroatoms. The number of urea groups is 1. The molecule has 2 saturated heterocycles. The summed E-state index contributed by atoms with van der Waals surface area (Å²) < 4.78 is 39.9. The molecule has 3 aliphatic heterocycles. The summed E-state index contributed by atoms with van der Waals surface area (Å²) in [6, 6.07) is -4.13. The smallest absolute Gasteiger partial charge is 0.335 e. The summed E-state index contributed by atoms with van der Waals surface area (Å²) in [7, 11) is 1.47. The zero-order chi connectivity index (χ0) is 29.6. The first-order valence-corrected chi connectivity index (χ1v) is 13.5. The number of fused-ring (bicyclic) bond motifs is 1. The third-order valence-electron chi connectivity index (χ3n) is 7.14. The highest BCUT2D eigenvalue weighted by Crippen LogP contribution is 2.35. The van der Waals surface area contributed by atoms with Crippen molar-refractivity contribution < 1.29 is 32.3 Å². The average Bonchev–Trinajstić information content (AvgIpc) is 3.69. The molecule has 3 aliphatic rings. The number of nitrogens with one attached hydrogen (secondary N) is 1. The molecule has 0 radical (unpaired) electrons. The number of rotatable bonds is 7. The number of thiazole rings is 1. The number of Topliss-reactive ketones (excluding diaryl/α,β-unsaturated/α-hetero) is 1. The Morgan fingerprint density at radius 2 is 1.93 bits per heavy atom. The van der Waals surface area contributed by atoms with Crippen molar-refractivity contribution in [3.63, 3.8) is 0 Å². The van der Waals surface area contributed by atoms with E-state index in [4.69, 9.17) is 0 Å². The van der Waals surface area contributed by atoms with E-state index in [9.17, 15) is 32.3 Å². The first-order chi connectivity index (χ1) is 19.4. The van der Waals surface area contributed by atoms with E-state index in [1.807, 2.05) is 0 Å². The van der Waals surface area contributed by atoms with Gasteiger partial charge in [0, 0.05) is 36.9 Å². The molecule has 0 aromatic carbocycles. The van der Waals surface area contributed by atoms with Crippen LogP contribution in [0.3, 0.4) is 0 Å². The Morgan fingerprint density at radius 3 is 2.59 bits per heavy atom. The monoisotopic (exact) mass is 593 g/mol. The molecule has 0 bridgehead atoms. The fourth-order valence-electron chi connectivity index (χ4n) is 5.04. The number of halogens is 3. The van der Waals surface area contributed by atoms with E-state index in [1.165, 1.54) is 53.8 Å². The fourth-order valence-corrected chi connectivity index (χ4v) is 5.77. The first-order valence-electron chi connectivity index (χ1n) is 12.7. The van der Waals surface area contributed by atoms with Gasteiger partial charge in [0.15, 0.2) is 12.2 Å². The van der Waals surface area contributed by atoms with Crippen molar-refractivity contribution in [1.82, 2.24) is 29.7 Å². The quantitative estimate of drug-likeness (QED) is 0.510. The van der Waals surface area contributed by atoms with Gasteiger partial charge in [-0.3, -0.25) is 19.3 Å². The molecule has 4 amide bonds. The Kier molecular flexibility index (Phi) is 7.39. The molecule has 0 saturated carbocycles. The highest BCUT2D eigenvalue weighted by molar-refractivity contribution is 7.13. The molecule has 0 aliphatic carbocycles. The average molecular weight is 594 g/mol. The maximum atomic E-state index is 13.3. The Hall–Kier alpha value is -4.15.